The first kappa shape index (κ1) is 24.0. The predicted molar refractivity (Wildman–Crippen MR) is 126 cm³/mol. The van der Waals surface area contributed by atoms with Gasteiger partial charge in [-0.05, 0) is 56.2 Å². The molecule has 1 aliphatic carbocycles. The number of carbonyl (C=O) groups is 2. The number of carbonyl (C=O) groups excluding carboxylic acids is 2. The van der Waals surface area contributed by atoms with Crippen LogP contribution in [0.1, 0.15) is 52.5 Å². The minimum absolute atomic E-state index is 0.0921. The molecule has 0 radical (unpaired) electrons. The molecule has 3 aliphatic rings. The quantitative estimate of drug-likeness (QED) is 0.495. The lowest BCUT2D eigenvalue weighted by atomic mass is 9.69. The van der Waals surface area contributed by atoms with E-state index in [4.69, 9.17) is 14.2 Å². The zero-order chi connectivity index (χ0) is 23.8. The van der Waals surface area contributed by atoms with E-state index < -0.39 is 11.2 Å². The van der Waals surface area contributed by atoms with Crippen LogP contribution >= 0.6 is 0 Å². The predicted octanol–water partition coefficient (Wildman–Crippen LogP) is 3.99. The van der Waals surface area contributed by atoms with Crippen LogP contribution in [0.5, 0.6) is 0 Å². The van der Waals surface area contributed by atoms with E-state index in [1.54, 1.807) is 13.1 Å². The molecule has 33 heavy (non-hydrogen) atoms. The molecule has 1 unspecified atom stereocenters. The lowest BCUT2D eigenvalue weighted by Crippen LogP contribution is -2.62. The second-order valence-corrected chi connectivity index (χ2v) is 10.4. The van der Waals surface area contributed by atoms with E-state index in [2.05, 4.69) is 33.0 Å². The van der Waals surface area contributed by atoms with Gasteiger partial charge in [0, 0.05) is 18.4 Å². The Labute approximate surface area is 197 Å². The van der Waals surface area contributed by atoms with E-state index in [0.717, 1.165) is 18.4 Å². The SMILES string of the molecule is CNCC(=O)O[C@@H]1C[C@]2(C(C)C)O[C@@]1(C)C1CC[C@@H](C)[C@H]1[C@@H]2OC(=O)/C=C/c1ccccc1. The van der Waals surface area contributed by atoms with Gasteiger partial charge in [0.2, 0.25) is 0 Å². The van der Waals surface area contributed by atoms with Gasteiger partial charge in [-0.1, -0.05) is 51.1 Å². The van der Waals surface area contributed by atoms with Gasteiger partial charge in [-0.25, -0.2) is 4.79 Å². The molecule has 0 amide bonds. The van der Waals surface area contributed by atoms with Crippen molar-refractivity contribution < 1.29 is 23.8 Å². The Morgan fingerprint density at radius 2 is 1.94 bits per heavy atom. The molecular weight excluding hydrogens is 418 g/mol. The molecule has 6 nitrogen and oxygen atoms in total. The molecule has 6 heteroatoms. The van der Waals surface area contributed by atoms with E-state index in [1.165, 1.54) is 6.08 Å². The minimum atomic E-state index is -0.685. The van der Waals surface area contributed by atoms with Gasteiger partial charge in [0.05, 0.1) is 6.54 Å². The highest BCUT2D eigenvalue weighted by Crippen LogP contribution is 2.63. The molecule has 2 heterocycles. The van der Waals surface area contributed by atoms with Crippen LogP contribution in [0.3, 0.4) is 0 Å². The highest BCUT2D eigenvalue weighted by atomic mass is 16.6. The summed E-state index contributed by atoms with van der Waals surface area (Å²) < 4.78 is 19.1. The van der Waals surface area contributed by atoms with Gasteiger partial charge in [-0.3, -0.25) is 4.79 Å². The zero-order valence-electron chi connectivity index (χ0n) is 20.4. The van der Waals surface area contributed by atoms with Crippen LogP contribution in [0.4, 0.5) is 0 Å². The van der Waals surface area contributed by atoms with Crippen LogP contribution < -0.4 is 5.32 Å². The number of likely N-dealkylation sites (N-methyl/N-ethyl adjacent to an activating group) is 1. The van der Waals surface area contributed by atoms with Gasteiger partial charge in [0.15, 0.2) is 0 Å². The summed E-state index contributed by atoms with van der Waals surface area (Å²) in [6.45, 7) is 8.72. The summed E-state index contributed by atoms with van der Waals surface area (Å²) in [6.07, 6.45) is 5.11. The molecule has 2 bridgehead atoms. The zero-order valence-corrected chi connectivity index (χ0v) is 20.4. The van der Waals surface area contributed by atoms with Gasteiger partial charge in [-0.15, -0.1) is 0 Å². The summed E-state index contributed by atoms with van der Waals surface area (Å²) in [7, 11) is 1.73. The summed E-state index contributed by atoms with van der Waals surface area (Å²) in [5.74, 6) is 0.206. The molecule has 180 valence electrons. The van der Waals surface area contributed by atoms with Crippen LogP contribution in [0, 0.1) is 23.7 Å². The summed E-state index contributed by atoms with van der Waals surface area (Å²) >= 11 is 0. The van der Waals surface area contributed by atoms with Crippen molar-refractivity contribution in [3.05, 3.63) is 42.0 Å². The van der Waals surface area contributed by atoms with Gasteiger partial charge in [0.1, 0.15) is 23.4 Å². The number of rotatable bonds is 7. The smallest absolute Gasteiger partial charge is 0.331 e. The molecule has 2 aliphatic heterocycles. The fraction of sp³-hybridized carbons (Fsp3) is 0.630. The Morgan fingerprint density at radius 3 is 2.61 bits per heavy atom. The van der Waals surface area contributed by atoms with Crippen molar-refractivity contribution >= 4 is 18.0 Å². The maximum atomic E-state index is 13.0. The monoisotopic (exact) mass is 455 g/mol. The normalized spacial score (nSPS) is 37.3. The van der Waals surface area contributed by atoms with Crippen molar-refractivity contribution in [2.45, 2.75) is 70.4 Å². The second kappa shape index (κ2) is 9.22. The van der Waals surface area contributed by atoms with Crippen molar-refractivity contribution in [1.29, 1.82) is 0 Å². The number of hydrogen-bond acceptors (Lipinski definition) is 6. The molecule has 7 atom stereocenters. The largest absolute Gasteiger partial charge is 0.458 e. The van der Waals surface area contributed by atoms with Gasteiger partial charge in [0.25, 0.3) is 0 Å². The van der Waals surface area contributed by atoms with Crippen molar-refractivity contribution in [3.63, 3.8) is 0 Å². The van der Waals surface area contributed by atoms with E-state index in [-0.39, 0.29) is 48.4 Å². The summed E-state index contributed by atoms with van der Waals surface area (Å²) in [4.78, 5) is 25.4. The molecule has 1 N–H and O–H groups in total. The van der Waals surface area contributed by atoms with Gasteiger partial charge >= 0.3 is 11.9 Å². The summed E-state index contributed by atoms with van der Waals surface area (Å²) in [6, 6.07) is 9.72. The third-order valence-electron chi connectivity index (χ3n) is 8.20. The van der Waals surface area contributed by atoms with Crippen molar-refractivity contribution in [1.82, 2.24) is 5.32 Å². The molecule has 3 fully saturated rings. The van der Waals surface area contributed by atoms with Gasteiger partial charge in [-0.2, -0.15) is 0 Å². The number of hydrogen-bond donors (Lipinski definition) is 1. The lowest BCUT2D eigenvalue weighted by molar-refractivity contribution is -0.264. The molecule has 0 aromatic heterocycles. The summed E-state index contributed by atoms with van der Waals surface area (Å²) in [5.41, 5.74) is -0.314. The average molecular weight is 456 g/mol. The molecule has 0 spiro atoms. The highest BCUT2D eigenvalue weighted by molar-refractivity contribution is 5.87. The van der Waals surface area contributed by atoms with Crippen LogP contribution in [-0.4, -0.2) is 48.9 Å². The number of ether oxygens (including phenoxy) is 3. The van der Waals surface area contributed by atoms with E-state index in [9.17, 15) is 9.59 Å². The molecule has 2 saturated heterocycles. The maximum Gasteiger partial charge on any atom is 0.331 e. The van der Waals surface area contributed by atoms with Crippen LogP contribution in [0.25, 0.3) is 6.08 Å². The first-order valence-electron chi connectivity index (χ1n) is 12.2. The van der Waals surface area contributed by atoms with Crippen LogP contribution in [-0.2, 0) is 23.8 Å². The Hall–Kier alpha value is -2.18. The van der Waals surface area contributed by atoms with Crippen molar-refractivity contribution in [2.24, 2.45) is 23.7 Å². The Kier molecular flexibility index (Phi) is 6.70. The van der Waals surface area contributed by atoms with E-state index in [1.807, 2.05) is 30.3 Å². The maximum absolute atomic E-state index is 13.0. The molecule has 1 aromatic rings. The lowest BCUT2D eigenvalue weighted by Gasteiger charge is -2.52. The first-order valence-corrected chi connectivity index (χ1v) is 12.2. The number of fused-ring (bicyclic) bond motifs is 4. The second-order valence-electron chi connectivity index (χ2n) is 10.4. The topological polar surface area (TPSA) is 73.9 Å². The third kappa shape index (κ3) is 4.24. The molecule has 1 aromatic carbocycles. The minimum Gasteiger partial charge on any atom is -0.458 e. The number of esters is 2. The first-order chi connectivity index (χ1) is 15.7. The summed E-state index contributed by atoms with van der Waals surface area (Å²) in [5, 5.41) is 2.87. The fourth-order valence-electron chi connectivity index (χ4n) is 6.48. The van der Waals surface area contributed by atoms with Gasteiger partial charge < -0.3 is 19.5 Å². The molecule has 1 saturated carbocycles. The third-order valence-corrected chi connectivity index (χ3v) is 8.20. The molecule has 4 rings (SSSR count). The van der Waals surface area contributed by atoms with E-state index >= 15 is 0 Å². The Bertz CT molecular complexity index is 899. The van der Waals surface area contributed by atoms with Crippen molar-refractivity contribution in [3.8, 4) is 0 Å². The standard InChI is InChI=1S/C27H37NO5/c1-17(2)27-15-21(31-23(30)16-28-5)26(4,33-27)20-13-11-18(3)24(20)25(27)32-22(29)14-12-19-9-7-6-8-10-19/h6-10,12,14,17-18,20-21,24-25,28H,11,13,15-16H2,1-5H3/b14-12+/t18-,20?,21-,24-,25+,26+,27-/m1/s1. The van der Waals surface area contributed by atoms with Crippen LogP contribution in [0.15, 0.2) is 36.4 Å². The Morgan fingerprint density at radius 1 is 1.21 bits per heavy atom. The van der Waals surface area contributed by atoms with E-state index in [0.29, 0.717) is 12.3 Å². The number of benzene rings is 1. The number of nitrogens with one attached hydrogen (secondary N) is 1. The van der Waals surface area contributed by atoms with Crippen molar-refractivity contribution in [2.75, 3.05) is 13.6 Å². The Balaban J connectivity index is 1.64. The average Bonchev–Trinajstić information content (AvgIpc) is 3.29. The highest BCUT2D eigenvalue weighted by Gasteiger charge is 2.72. The molecular formula is C27H37NO5. The van der Waals surface area contributed by atoms with Crippen LogP contribution in [0.2, 0.25) is 0 Å². The fourth-order valence-corrected chi connectivity index (χ4v) is 6.48.